The highest BCUT2D eigenvalue weighted by Crippen LogP contribution is 2.13. The molecule has 96 valence electrons. The lowest BCUT2D eigenvalue weighted by Crippen LogP contribution is -2.38. The van der Waals surface area contributed by atoms with E-state index < -0.39 is 0 Å². The average Bonchev–Trinajstić information content (AvgIpc) is 2.25. The fourth-order valence-corrected chi connectivity index (χ4v) is 1.77. The Bertz CT molecular complexity index is 324. The number of benzene rings is 1. The van der Waals surface area contributed by atoms with Gasteiger partial charge in [0.15, 0.2) is 0 Å². The van der Waals surface area contributed by atoms with E-state index in [1.54, 1.807) is 0 Å². The van der Waals surface area contributed by atoms with E-state index in [0.717, 1.165) is 18.0 Å². The Morgan fingerprint density at radius 1 is 1.18 bits per heavy atom. The highest BCUT2D eigenvalue weighted by Gasteiger charge is 2.10. The van der Waals surface area contributed by atoms with Gasteiger partial charge >= 0.3 is 0 Å². The predicted molar refractivity (Wildman–Crippen MR) is 76.7 cm³/mol. The molecule has 0 aliphatic rings. The minimum atomic E-state index is 0.217. The summed E-state index contributed by atoms with van der Waals surface area (Å²) < 4.78 is 0. The maximum Gasteiger partial charge on any atom is 0.0406 e. The van der Waals surface area contributed by atoms with E-state index in [9.17, 15) is 0 Å². The summed E-state index contributed by atoms with van der Waals surface area (Å²) in [5.41, 5.74) is 1.59. The van der Waals surface area contributed by atoms with Crippen LogP contribution in [0.1, 0.15) is 39.7 Å². The van der Waals surface area contributed by atoms with Gasteiger partial charge in [-0.25, -0.2) is 0 Å². The normalized spacial score (nSPS) is 13.7. The van der Waals surface area contributed by atoms with Crippen LogP contribution in [0.15, 0.2) is 24.3 Å². The van der Waals surface area contributed by atoms with Crippen LogP contribution in [0, 0.1) is 5.92 Å². The predicted octanol–water partition coefficient (Wildman–Crippen LogP) is 4.30. The van der Waals surface area contributed by atoms with E-state index in [-0.39, 0.29) is 5.54 Å². The fraction of sp³-hybridized carbons (Fsp3) is 0.600. The van der Waals surface area contributed by atoms with Crippen molar-refractivity contribution in [2.75, 3.05) is 6.54 Å². The first-order valence-corrected chi connectivity index (χ1v) is 6.74. The maximum atomic E-state index is 5.86. The van der Waals surface area contributed by atoms with Gasteiger partial charge in [-0.15, -0.1) is 0 Å². The summed E-state index contributed by atoms with van der Waals surface area (Å²) in [4.78, 5) is 0. The molecule has 1 rings (SSSR count). The lowest BCUT2D eigenvalue weighted by atomic mass is 9.99. The molecule has 1 N–H and O–H groups in total. The van der Waals surface area contributed by atoms with E-state index >= 15 is 0 Å². The van der Waals surface area contributed by atoms with Crippen LogP contribution in [0.2, 0.25) is 5.02 Å². The van der Waals surface area contributed by atoms with Crippen LogP contribution in [0.25, 0.3) is 0 Å². The largest absolute Gasteiger partial charge is 0.312 e. The fourth-order valence-electron chi connectivity index (χ4n) is 1.65. The molecule has 1 atom stereocenters. The minimum Gasteiger partial charge on any atom is -0.312 e. The molecule has 1 nitrogen and oxygen atoms in total. The topological polar surface area (TPSA) is 12.0 Å². The number of nitrogens with one attached hydrogen (secondary N) is 1. The van der Waals surface area contributed by atoms with Crippen molar-refractivity contribution in [2.45, 2.75) is 46.1 Å². The Morgan fingerprint density at radius 2 is 1.76 bits per heavy atom. The van der Waals surface area contributed by atoms with E-state index in [1.165, 1.54) is 12.0 Å². The molecule has 0 spiro atoms. The van der Waals surface area contributed by atoms with E-state index in [2.05, 4.69) is 45.1 Å². The van der Waals surface area contributed by atoms with Crippen LogP contribution in [-0.2, 0) is 6.42 Å². The zero-order chi connectivity index (χ0) is 12.9. The van der Waals surface area contributed by atoms with Crippen LogP contribution < -0.4 is 5.32 Å². The average molecular weight is 254 g/mol. The summed E-state index contributed by atoms with van der Waals surface area (Å²) in [6.07, 6.45) is 2.34. The second-order valence-corrected chi connectivity index (χ2v) is 6.34. The van der Waals surface area contributed by atoms with Crippen molar-refractivity contribution in [1.29, 1.82) is 0 Å². The molecule has 1 aromatic rings. The Labute approximate surface area is 111 Å². The zero-order valence-electron chi connectivity index (χ0n) is 11.4. The highest BCUT2D eigenvalue weighted by molar-refractivity contribution is 6.30. The standard InChI is InChI=1S/C15H24ClN/c1-12(11-17-15(2,3)4)5-6-13-7-9-14(16)10-8-13/h7-10,12,17H,5-6,11H2,1-4H3. The number of rotatable bonds is 5. The highest BCUT2D eigenvalue weighted by atomic mass is 35.5. The van der Waals surface area contributed by atoms with Crippen LogP contribution in [0.3, 0.4) is 0 Å². The lowest BCUT2D eigenvalue weighted by Gasteiger charge is -2.23. The molecule has 0 aliphatic heterocycles. The molecule has 1 aromatic carbocycles. The van der Waals surface area contributed by atoms with Crippen molar-refractivity contribution in [3.8, 4) is 0 Å². The molecule has 0 bridgehead atoms. The molecular formula is C15H24ClN. The van der Waals surface area contributed by atoms with Gasteiger partial charge in [0.25, 0.3) is 0 Å². The van der Waals surface area contributed by atoms with Crippen LogP contribution in [-0.4, -0.2) is 12.1 Å². The van der Waals surface area contributed by atoms with Gasteiger partial charge in [-0.1, -0.05) is 30.7 Å². The second-order valence-electron chi connectivity index (χ2n) is 5.90. The molecule has 0 saturated carbocycles. The first-order chi connectivity index (χ1) is 7.87. The molecule has 0 aliphatic carbocycles. The summed E-state index contributed by atoms with van der Waals surface area (Å²) in [5, 5.41) is 4.36. The molecule has 2 heteroatoms. The molecular weight excluding hydrogens is 230 g/mol. The molecule has 17 heavy (non-hydrogen) atoms. The number of halogens is 1. The van der Waals surface area contributed by atoms with E-state index in [1.807, 2.05) is 12.1 Å². The van der Waals surface area contributed by atoms with Gasteiger partial charge in [0, 0.05) is 10.6 Å². The van der Waals surface area contributed by atoms with Crippen molar-refractivity contribution in [3.63, 3.8) is 0 Å². The summed E-state index contributed by atoms with van der Waals surface area (Å²) in [7, 11) is 0. The van der Waals surface area contributed by atoms with Gasteiger partial charge in [0.2, 0.25) is 0 Å². The summed E-state index contributed by atoms with van der Waals surface area (Å²) in [6.45, 7) is 10.0. The van der Waals surface area contributed by atoms with Crippen molar-refractivity contribution in [1.82, 2.24) is 5.32 Å². The maximum absolute atomic E-state index is 5.86. The van der Waals surface area contributed by atoms with Crippen molar-refractivity contribution >= 4 is 11.6 Å². The Kier molecular flexibility index (Phi) is 5.48. The molecule has 0 heterocycles. The van der Waals surface area contributed by atoms with Gasteiger partial charge in [-0.2, -0.15) is 0 Å². The van der Waals surface area contributed by atoms with Gasteiger partial charge in [0.05, 0.1) is 0 Å². The minimum absolute atomic E-state index is 0.217. The molecule has 0 saturated heterocycles. The second kappa shape index (κ2) is 6.42. The summed E-state index contributed by atoms with van der Waals surface area (Å²) in [5.74, 6) is 0.699. The Hall–Kier alpha value is -0.530. The van der Waals surface area contributed by atoms with Crippen molar-refractivity contribution < 1.29 is 0 Å². The quantitative estimate of drug-likeness (QED) is 0.825. The van der Waals surface area contributed by atoms with Crippen LogP contribution in [0.5, 0.6) is 0 Å². The van der Waals surface area contributed by atoms with Crippen LogP contribution >= 0.6 is 11.6 Å². The van der Waals surface area contributed by atoms with E-state index in [4.69, 9.17) is 11.6 Å². The smallest absolute Gasteiger partial charge is 0.0406 e. The zero-order valence-corrected chi connectivity index (χ0v) is 12.1. The third-order valence-electron chi connectivity index (χ3n) is 2.82. The van der Waals surface area contributed by atoms with Gasteiger partial charge in [-0.05, 0) is 63.8 Å². The Morgan fingerprint density at radius 3 is 2.29 bits per heavy atom. The monoisotopic (exact) mass is 253 g/mol. The lowest BCUT2D eigenvalue weighted by molar-refractivity contribution is 0.372. The van der Waals surface area contributed by atoms with Gasteiger partial charge < -0.3 is 5.32 Å². The SMILES string of the molecule is CC(CCc1ccc(Cl)cc1)CNC(C)(C)C. The van der Waals surface area contributed by atoms with Crippen molar-refractivity contribution in [2.24, 2.45) is 5.92 Å². The van der Waals surface area contributed by atoms with E-state index in [0.29, 0.717) is 5.92 Å². The van der Waals surface area contributed by atoms with Crippen molar-refractivity contribution in [3.05, 3.63) is 34.9 Å². The van der Waals surface area contributed by atoms with Gasteiger partial charge in [0.1, 0.15) is 0 Å². The first-order valence-electron chi connectivity index (χ1n) is 6.36. The third kappa shape index (κ3) is 6.70. The number of hydrogen-bond acceptors (Lipinski definition) is 1. The third-order valence-corrected chi connectivity index (χ3v) is 3.07. The number of hydrogen-bond donors (Lipinski definition) is 1. The molecule has 0 radical (unpaired) electrons. The van der Waals surface area contributed by atoms with Crippen LogP contribution in [0.4, 0.5) is 0 Å². The summed E-state index contributed by atoms with van der Waals surface area (Å²) in [6, 6.07) is 8.17. The number of aryl methyl sites for hydroxylation is 1. The molecule has 0 aromatic heterocycles. The molecule has 0 fully saturated rings. The first kappa shape index (κ1) is 14.5. The summed E-state index contributed by atoms with van der Waals surface area (Å²) >= 11 is 5.86. The molecule has 0 amide bonds. The van der Waals surface area contributed by atoms with Gasteiger partial charge in [-0.3, -0.25) is 0 Å². The Balaban J connectivity index is 2.28. The molecule has 1 unspecified atom stereocenters.